The Morgan fingerprint density at radius 2 is 1.73 bits per heavy atom. The van der Waals surface area contributed by atoms with E-state index in [-0.39, 0.29) is 12.2 Å². The normalized spacial score (nSPS) is 10.4. The zero-order valence-electron chi connectivity index (χ0n) is 14.0. The standard InChI is InChI=1S/C19H16FN3O3/c1-12-16(23-26-17(12)13-7-3-2-4-8-13)11-21-18(24)19(25)22-15-10-6-5-9-14(15)20/h2-10H,11H2,1H3,(H,21,24)(H,22,25). The molecule has 2 N–H and O–H groups in total. The molecule has 132 valence electrons. The van der Waals surface area contributed by atoms with Gasteiger partial charge < -0.3 is 15.2 Å². The molecule has 3 aromatic rings. The predicted molar refractivity (Wildman–Crippen MR) is 93.6 cm³/mol. The summed E-state index contributed by atoms with van der Waals surface area (Å²) in [6.07, 6.45) is 0. The molecular formula is C19H16FN3O3. The SMILES string of the molecule is Cc1c(CNC(=O)C(=O)Nc2ccccc2F)noc1-c1ccccc1. The Kier molecular flexibility index (Phi) is 5.07. The van der Waals surface area contributed by atoms with E-state index in [0.717, 1.165) is 11.1 Å². The number of aromatic nitrogens is 1. The Labute approximate surface area is 149 Å². The Balaban J connectivity index is 1.62. The quantitative estimate of drug-likeness (QED) is 0.706. The number of carbonyl (C=O) groups is 2. The first-order chi connectivity index (χ1) is 12.6. The van der Waals surface area contributed by atoms with Crippen molar-refractivity contribution in [3.8, 4) is 11.3 Å². The minimum absolute atomic E-state index is 0.0195. The van der Waals surface area contributed by atoms with E-state index in [4.69, 9.17) is 4.52 Å². The van der Waals surface area contributed by atoms with Crippen molar-refractivity contribution in [2.45, 2.75) is 13.5 Å². The maximum Gasteiger partial charge on any atom is 0.313 e. The van der Waals surface area contributed by atoms with Gasteiger partial charge in [-0.15, -0.1) is 0 Å². The monoisotopic (exact) mass is 353 g/mol. The van der Waals surface area contributed by atoms with Crippen LogP contribution in [0.5, 0.6) is 0 Å². The van der Waals surface area contributed by atoms with Crippen molar-refractivity contribution in [1.29, 1.82) is 0 Å². The number of carbonyl (C=O) groups excluding carboxylic acids is 2. The molecule has 6 nitrogen and oxygen atoms in total. The molecule has 1 heterocycles. The van der Waals surface area contributed by atoms with E-state index >= 15 is 0 Å². The minimum atomic E-state index is -0.959. The van der Waals surface area contributed by atoms with Crippen molar-refractivity contribution >= 4 is 17.5 Å². The molecule has 0 atom stereocenters. The number of amides is 2. The highest BCUT2D eigenvalue weighted by Crippen LogP contribution is 2.25. The number of para-hydroxylation sites is 1. The summed E-state index contributed by atoms with van der Waals surface area (Å²) in [7, 11) is 0. The topological polar surface area (TPSA) is 84.2 Å². The van der Waals surface area contributed by atoms with E-state index in [2.05, 4.69) is 15.8 Å². The second kappa shape index (κ2) is 7.60. The fraction of sp³-hybridized carbons (Fsp3) is 0.105. The highest BCUT2D eigenvalue weighted by atomic mass is 19.1. The van der Waals surface area contributed by atoms with Gasteiger partial charge in [0.25, 0.3) is 0 Å². The highest BCUT2D eigenvalue weighted by molar-refractivity contribution is 6.39. The van der Waals surface area contributed by atoms with Crippen LogP contribution in [0.25, 0.3) is 11.3 Å². The molecule has 0 aliphatic carbocycles. The van der Waals surface area contributed by atoms with E-state index in [0.29, 0.717) is 11.5 Å². The van der Waals surface area contributed by atoms with Crippen LogP contribution in [0.3, 0.4) is 0 Å². The molecule has 0 radical (unpaired) electrons. The van der Waals surface area contributed by atoms with Crippen LogP contribution in [0.15, 0.2) is 59.1 Å². The summed E-state index contributed by atoms with van der Waals surface area (Å²) >= 11 is 0. The molecule has 0 aliphatic rings. The number of benzene rings is 2. The van der Waals surface area contributed by atoms with Crippen LogP contribution in [0.2, 0.25) is 0 Å². The summed E-state index contributed by atoms with van der Waals surface area (Å²) in [6, 6.07) is 15.0. The average molecular weight is 353 g/mol. The smallest absolute Gasteiger partial charge is 0.313 e. The third-order valence-electron chi connectivity index (χ3n) is 3.80. The van der Waals surface area contributed by atoms with Gasteiger partial charge in [-0.3, -0.25) is 9.59 Å². The second-order valence-electron chi connectivity index (χ2n) is 5.57. The fourth-order valence-corrected chi connectivity index (χ4v) is 2.38. The highest BCUT2D eigenvalue weighted by Gasteiger charge is 2.18. The van der Waals surface area contributed by atoms with Crippen molar-refractivity contribution in [2.24, 2.45) is 0 Å². The number of hydrogen-bond acceptors (Lipinski definition) is 4. The summed E-state index contributed by atoms with van der Waals surface area (Å²) in [5.74, 6) is -1.87. The first-order valence-electron chi connectivity index (χ1n) is 7.90. The third-order valence-corrected chi connectivity index (χ3v) is 3.80. The van der Waals surface area contributed by atoms with E-state index < -0.39 is 17.6 Å². The lowest BCUT2D eigenvalue weighted by molar-refractivity contribution is -0.136. The van der Waals surface area contributed by atoms with Gasteiger partial charge in [0.15, 0.2) is 5.76 Å². The summed E-state index contributed by atoms with van der Waals surface area (Å²) in [4.78, 5) is 23.8. The molecule has 1 aromatic heterocycles. The van der Waals surface area contributed by atoms with Gasteiger partial charge >= 0.3 is 11.8 Å². The molecule has 0 fully saturated rings. The number of nitrogens with one attached hydrogen (secondary N) is 2. The Bertz CT molecular complexity index is 938. The Morgan fingerprint density at radius 3 is 2.46 bits per heavy atom. The summed E-state index contributed by atoms with van der Waals surface area (Å²) in [6.45, 7) is 1.84. The molecular weight excluding hydrogens is 337 g/mol. The fourth-order valence-electron chi connectivity index (χ4n) is 2.38. The van der Waals surface area contributed by atoms with Gasteiger partial charge in [0.1, 0.15) is 11.5 Å². The van der Waals surface area contributed by atoms with Gasteiger partial charge in [0.05, 0.1) is 12.2 Å². The average Bonchev–Trinajstić information content (AvgIpc) is 3.03. The van der Waals surface area contributed by atoms with Crippen LogP contribution in [-0.4, -0.2) is 17.0 Å². The first-order valence-corrected chi connectivity index (χ1v) is 7.90. The van der Waals surface area contributed by atoms with Gasteiger partial charge in [-0.2, -0.15) is 0 Å². The van der Waals surface area contributed by atoms with E-state index in [9.17, 15) is 14.0 Å². The van der Waals surface area contributed by atoms with Crippen molar-refractivity contribution in [3.05, 3.63) is 71.7 Å². The summed E-state index contributed by atoms with van der Waals surface area (Å²) in [5, 5.41) is 8.61. The van der Waals surface area contributed by atoms with Crippen molar-refractivity contribution in [3.63, 3.8) is 0 Å². The van der Waals surface area contributed by atoms with Crippen LogP contribution in [-0.2, 0) is 16.1 Å². The van der Waals surface area contributed by atoms with E-state index in [1.165, 1.54) is 18.2 Å². The van der Waals surface area contributed by atoms with Gasteiger partial charge in [-0.25, -0.2) is 4.39 Å². The predicted octanol–water partition coefficient (Wildman–Crippen LogP) is 3.04. The molecule has 0 unspecified atom stereocenters. The molecule has 0 bridgehead atoms. The van der Waals surface area contributed by atoms with Crippen LogP contribution < -0.4 is 10.6 Å². The summed E-state index contributed by atoms with van der Waals surface area (Å²) in [5.41, 5.74) is 2.09. The molecule has 0 saturated carbocycles. The van der Waals surface area contributed by atoms with Gasteiger partial charge in [-0.1, -0.05) is 47.6 Å². The largest absolute Gasteiger partial charge is 0.356 e. The van der Waals surface area contributed by atoms with E-state index in [1.54, 1.807) is 6.07 Å². The maximum atomic E-state index is 13.5. The molecule has 7 heteroatoms. The molecule has 0 aliphatic heterocycles. The zero-order valence-corrected chi connectivity index (χ0v) is 14.0. The minimum Gasteiger partial charge on any atom is -0.356 e. The lowest BCUT2D eigenvalue weighted by Crippen LogP contribution is -2.35. The number of nitrogens with zero attached hydrogens (tertiary/aromatic N) is 1. The number of hydrogen-bond donors (Lipinski definition) is 2. The van der Waals surface area contributed by atoms with Crippen molar-refractivity contribution < 1.29 is 18.5 Å². The number of anilines is 1. The zero-order chi connectivity index (χ0) is 18.5. The van der Waals surface area contributed by atoms with Gasteiger partial charge in [0, 0.05) is 11.1 Å². The van der Waals surface area contributed by atoms with E-state index in [1.807, 2.05) is 37.3 Å². The summed E-state index contributed by atoms with van der Waals surface area (Å²) < 4.78 is 18.8. The molecule has 2 amide bonds. The van der Waals surface area contributed by atoms with Crippen molar-refractivity contribution in [2.75, 3.05) is 5.32 Å². The van der Waals surface area contributed by atoms with Crippen LogP contribution in [0.1, 0.15) is 11.3 Å². The lowest BCUT2D eigenvalue weighted by atomic mass is 10.1. The van der Waals surface area contributed by atoms with Crippen LogP contribution >= 0.6 is 0 Å². The second-order valence-corrected chi connectivity index (χ2v) is 5.57. The van der Waals surface area contributed by atoms with Gasteiger partial charge in [0.2, 0.25) is 0 Å². The van der Waals surface area contributed by atoms with Crippen molar-refractivity contribution in [1.82, 2.24) is 10.5 Å². The van der Waals surface area contributed by atoms with Crippen LogP contribution in [0, 0.1) is 12.7 Å². The number of rotatable bonds is 4. The molecule has 3 rings (SSSR count). The lowest BCUT2D eigenvalue weighted by Gasteiger charge is -2.06. The molecule has 0 saturated heterocycles. The Hall–Kier alpha value is -3.48. The van der Waals surface area contributed by atoms with Crippen LogP contribution in [0.4, 0.5) is 10.1 Å². The third kappa shape index (κ3) is 3.77. The van der Waals surface area contributed by atoms with Gasteiger partial charge in [-0.05, 0) is 19.1 Å². The molecule has 0 spiro atoms. The number of halogens is 1. The molecule has 26 heavy (non-hydrogen) atoms. The Morgan fingerprint density at radius 1 is 1.04 bits per heavy atom. The molecule has 2 aromatic carbocycles. The maximum absolute atomic E-state index is 13.5. The first kappa shape index (κ1) is 17.3.